The molecule has 0 saturated heterocycles. The molecule has 0 aromatic heterocycles. The maximum Gasteiger partial charge on any atom is 1.00 e. The summed E-state index contributed by atoms with van der Waals surface area (Å²) in [6.07, 6.45) is 7.72. The van der Waals surface area contributed by atoms with E-state index in [4.69, 9.17) is 9.29 Å². The number of rotatable bonds is 10. The van der Waals surface area contributed by atoms with Crippen LogP contribution in [0.2, 0.25) is 0 Å². The molecule has 0 fully saturated rings. The molecule has 142 valence electrons. The van der Waals surface area contributed by atoms with Crippen LogP contribution in [0.5, 0.6) is 17.2 Å². The van der Waals surface area contributed by atoms with E-state index in [0.29, 0.717) is 11.5 Å². The van der Waals surface area contributed by atoms with E-state index in [1.54, 1.807) is 12.1 Å². The van der Waals surface area contributed by atoms with Crippen molar-refractivity contribution in [3.05, 3.63) is 48.0 Å². The molecule has 0 atom stereocenters. The van der Waals surface area contributed by atoms with Gasteiger partial charge in [-0.05, 0) is 49.2 Å². The third-order valence-corrected chi connectivity index (χ3v) is 5.06. The van der Waals surface area contributed by atoms with Crippen LogP contribution in [-0.4, -0.2) is 13.0 Å². The second-order valence-corrected chi connectivity index (χ2v) is 7.76. The van der Waals surface area contributed by atoms with Gasteiger partial charge in [-0.3, -0.25) is 4.55 Å². The zero-order chi connectivity index (χ0) is 19.0. The fourth-order valence-corrected chi connectivity index (χ4v) is 3.21. The molecule has 2 aromatic rings. The largest absolute Gasteiger partial charge is 1.00 e. The molecule has 0 aliphatic heterocycles. The van der Waals surface area contributed by atoms with Gasteiger partial charge in [0.25, 0.3) is 10.1 Å². The number of benzene rings is 2. The van der Waals surface area contributed by atoms with Crippen molar-refractivity contribution in [2.45, 2.75) is 56.8 Å². The molecule has 0 saturated carbocycles. The van der Waals surface area contributed by atoms with Gasteiger partial charge in [0.1, 0.15) is 11.5 Å². The third-order valence-electron chi connectivity index (χ3n) is 4.19. The zero-order valence-electron chi connectivity index (χ0n) is 16.0. The van der Waals surface area contributed by atoms with Crippen LogP contribution in [0.4, 0.5) is 0 Å². The first-order valence-electron chi connectivity index (χ1n) is 8.95. The van der Waals surface area contributed by atoms with Crippen LogP contribution in [0.3, 0.4) is 0 Å². The number of hydrogen-bond acceptors (Lipinski definition) is 4. The summed E-state index contributed by atoms with van der Waals surface area (Å²) in [4.78, 5) is -0.191. The Morgan fingerprint density at radius 1 is 0.926 bits per heavy atom. The molecule has 7 heteroatoms. The molecule has 0 aliphatic carbocycles. The fourth-order valence-electron chi connectivity index (χ4n) is 2.73. The van der Waals surface area contributed by atoms with Crippen LogP contribution >= 0.6 is 0 Å². The van der Waals surface area contributed by atoms with Crippen LogP contribution in [0.1, 0.15) is 51.0 Å². The van der Waals surface area contributed by atoms with Crippen LogP contribution in [0.25, 0.3) is 0 Å². The van der Waals surface area contributed by atoms with Gasteiger partial charge < -0.3 is 9.84 Å². The predicted octanol–water partition coefficient (Wildman–Crippen LogP) is 1.71. The molecule has 27 heavy (non-hydrogen) atoms. The average Bonchev–Trinajstić information content (AvgIpc) is 2.60. The zero-order valence-corrected chi connectivity index (χ0v) is 18.8. The minimum absolute atomic E-state index is 0. The van der Waals surface area contributed by atoms with E-state index in [1.807, 2.05) is 0 Å². The maximum absolute atomic E-state index is 12.0. The summed E-state index contributed by atoms with van der Waals surface area (Å²) in [7, 11) is -4.22. The van der Waals surface area contributed by atoms with Gasteiger partial charge >= 0.3 is 29.6 Å². The van der Waals surface area contributed by atoms with E-state index in [-0.39, 0.29) is 40.2 Å². The van der Waals surface area contributed by atoms with Crippen LogP contribution in [0.15, 0.2) is 47.4 Å². The van der Waals surface area contributed by atoms with Crippen molar-refractivity contribution in [1.29, 1.82) is 0 Å². The Bertz CT molecular complexity index is 804. The smallest absolute Gasteiger partial charge is 0.872 e. The standard InChI is InChI=1S/C20H26O5S.Na/c1-2-3-4-5-6-7-8-16-15-18(11-14-20(16)21)25-17-9-12-19(13-10-17)26(22,23)24;/h9-15,21H,2-8H2,1H3,(H,22,23,24);/q;+1/p-1. The quantitative estimate of drug-likeness (QED) is 0.373. The van der Waals surface area contributed by atoms with Gasteiger partial charge in [0.05, 0.1) is 4.90 Å². The summed E-state index contributed by atoms with van der Waals surface area (Å²) in [6.45, 7) is 2.19. The minimum atomic E-state index is -4.22. The summed E-state index contributed by atoms with van der Waals surface area (Å²) in [6, 6.07) is 10.3. The number of ether oxygens (including phenoxy) is 1. The van der Waals surface area contributed by atoms with Gasteiger partial charge in [0.2, 0.25) is 0 Å². The SMILES string of the molecule is CCCCCCCCc1cc(Oc2ccc(S(=O)(=O)O)cc2)ccc1[O-].[Na+]. The van der Waals surface area contributed by atoms with Gasteiger partial charge in [0.15, 0.2) is 0 Å². The molecule has 5 nitrogen and oxygen atoms in total. The third kappa shape index (κ3) is 8.23. The van der Waals surface area contributed by atoms with E-state index >= 15 is 0 Å². The Balaban J connectivity index is 0.00000364. The van der Waals surface area contributed by atoms with Crippen LogP contribution in [-0.2, 0) is 16.5 Å². The molecule has 2 rings (SSSR count). The van der Waals surface area contributed by atoms with Crippen molar-refractivity contribution in [3.8, 4) is 17.2 Å². The summed E-state index contributed by atoms with van der Waals surface area (Å²) >= 11 is 0. The van der Waals surface area contributed by atoms with Crippen molar-refractivity contribution in [3.63, 3.8) is 0 Å². The van der Waals surface area contributed by atoms with Crippen molar-refractivity contribution in [2.24, 2.45) is 0 Å². The van der Waals surface area contributed by atoms with Gasteiger partial charge in [-0.2, -0.15) is 8.42 Å². The molecule has 0 heterocycles. The van der Waals surface area contributed by atoms with Gasteiger partial charge in [-0.25, -0.2) is 0 Å². The van der Waals surface area contributed by atoms with Crippen LogP contribution < -0.4 is 39.4 Å². The number of hydrogen-bond donors (Lipinski definition) is 1. The molecular weight excluding hydrogens is 375 g/mol. The first kappa shape index (κ1) is 24.0. The Morgan fingerprint density at radius 3 is 2.15 bits per heavy atom. The summed E-state index contributed by atoms with van der Waals surface area (Å²) in [5, 5.41) is 12.0. The van der Waals surface area contributed by atoms with Crippen molar-refractivity contribution in [2.75, 3.05) is 0 Å². The molecule has 0 radical (unpaired) electrons. The molecule has 2 aromatic carbocycles. The van der Waals surface area contributed by atoms with E-state index in [0.717, 1.165) is 24.8 Å². The summed E-state index contributed by atoms with van der Waals surface area (Å²) in [5.74, 6) is 0.972. The summed E-state index contributed by atoms with van der Waals surface area (Å²) < 4.78 is 36.8. The van der Waals surface area contributed by atoms with Crippen molar-refractivity contribution >= 4 is 10.1 Å². The Hall–Kier alpha value is -1.05. The monoisotopic (exact) mass is 400 g/mol. The number of aryl methyl sites for hydroxylation is 1. The second kappa shape index (κ2) is 11.7. The normalized spacial score (nSPS) is 11.0. The van der Waals surface area contributed by atoms with Gasteiger partial charge in [-0.15, -0.1) is 5.75 Å². The van der Waals surface area contributed by atoms with E-state index in [9.17, 15) is 13.5 Å². The first-order chi connectivity index (χ1) is 12.4. The first-order valence-corrected chi connectivity index (χ1v) is 10.4. The fraction of sp³-hybridized carbons (Fsp3) is 0.400. The van der Waals surface area contributed by atoms with Gasteiger partial charge in [-0.1, -0.05) is 50.7 Å². The summed E-state index contributed by atoms with van der Waals surface area (Å²) in [5.41, 5.74) is 0.729. The second-order valence-electron chi connectivity index (χ2n) is 6.34. The van der Waals surface area contributed by atoms with E-state index in [2.05, 4.69) is 6.92 Å². The molecule has 1 N–H and O–H groups in total. The molecule has 0 bridgehead atoms. The molecule has 0 aliphatic rings. The van der Waals surface area contributed by atoms with E-state index < -0.39 is 10.1 Å². The molecule has 0 amide bonds. The Labute approximate surface area is 183 Å². The van der Waals surface area contributed by atoms with Gasteiger partial charge in [0, 0.05) is 0 Å². The maximum atomic E-state index is 12.0. The average molecular weight is 400 g/mol. The predicted molar refractivity (Wildman–Crippen MR) is 99.3 cm³/mol. The molecule has 0 spiro atoms. The molecular formula is C20H25NaO5S. The Kier molecular flexibility index (Phi) is 10.4. The van der Waals surface area contributed by atoms with Crippen molar-refractivity contribution in [1.82, 2.24) is 0 Å². The van der Waals surface area contributed by atoms with Crippen molar-refractivity contribution < 1.29 is 52.4 Å². The number of unbranched alkanes of at least 4 members (excludes halogenated alkanes) is 5. The Morgan fingerprint density at radius 2 is 1.52 bits per heavy atom. The van der Waals surface area contributed by atoms with Crippen LogP contribution in [0, 0.1) is 0 Å². The molecule has 0 unspecified atom stereocenters. The minimum Gasteiger partial charge on any atom is -0.872 e. The van der Waals surface area contributed by atoms with E-state index in [1.165, 1.54) is 56.0 Å². The topological polar surface area (TPSA) is 86.7 Å².